The Morgan fingerprint density at radius 3 is 2.36 bits per heavy atom. The monoisotopic (exact) mass is 455 g/mol. The molecule has 2 aromatic carbocycles. The van der Waals surface area contributed by atoms with Crippen LogP contribution in [-0.4, -0.2) is 75.8 Å². The number of urea groups is 1. The molecule has 2 N–H and O–H groups in total. The molecule has 0 bridgehead atoms. The lowest BCUT2D eigenvalue weighted by molar-refractivity contribution is -0.117. The van der Waals surface area contributed by atoms with E-state index < -0.39 is 0 Å². The number of anilines is 2. The zero-order valence-electron chi connectivity index (χ0n) is 18.8. The molecule has 2 heterocycles. The summed E-state index contributed by atoms with van der Waals surface area (Å²) >= 11 is 0. The summed E-state index contributed by atoms with van der Waals surface area (Å²) in [5, 5.41) is 5.76. The molecule has 176 valence electrons. The fourth-order valence-electron chi connectivity index (χ4n) is 4.26. The minimum atomic E-state index is -0.346. The Hall–Kier alpha value is -3.33. The summed E-state index contributed by atoms with van der Waals surface area (Å²) in [6.45, 7) is 5.42. The van der Waals surface area contributed by atoms with E-state index in [0.29, 0.717) is 18.8 Å². The first-order valence-electron chi connectivity index (χ1n) is 11.2. The molecule has 2 aliphatic rings. The SMILES string of the molecule is COc1ccc(N2CCN(CCNC(=O)NC3CC(=O)N(c4ccc(F)cc4)C3)CC2)cc1. The van der Waals surface area contributed by atoms with Gasteiger partial charge in [0.05, 0.1) is 13.2 Å². The molecule has 0 aliphatic carbocycles. The molecule has 1 unspecified atom stereocenters. The molecule has 1 atom stereocenters. The third-order valence-corrected chi connectivity index (χ3v) is 6.12. The van der Waals surface area contributed by atoms with Gasteiger partial charge in [0.2, 0.25) is 5.91 Å². The van der Waals surface area contributed by atoms with Gasteiger partial charge in [-0.25, -0.2) is 9.18 Å². The summed E-state index contributed by atoms with van der Waals surface area (Å²) in [4.78, 5) is 30.8. The molecule has 9 heteroatoms. The van der Waals surface area contributed by atoms with E-state index in [1.54, 1.807) is 24.1 Å². The highest BCUT2D eigenvalue weighted by molar-refractivity contribution is 5.96. The molecule has 2 aliphatic heterocycles. The van der Waals surface area contributed by atoms with Crippen molar-refractivity contribution in [2.45, 2.75) is 12.5 Å². The van der Waals surface area contributed by atoms with E-state index in [-0.39, 0.29) is 30.2 Å². The van der Waals surface area contributed by atoms with Crippen LogP contribution in [0.15, 0.2) is 48.5 Å². The first-order chi connectivity index (χ1) is 16.0. The molecule has 3 amide bonds. The van der Waals surface area contributed by atoms with Crippen molar-refractivity contribution in [3.8, 4) is 5.75 Å². The van der Waals surface area contributed by atoms with Crippen LogP contribution in [0, 0.1) is 5.82 Å². The zero-order valence-corrected chi connectivity index (χ0v) is 18.8. The lowest BCUT2D eigenvalue weighted by Gasteiger charge is -2.36. The van der Waals surface area contributed by atoms with Gasteiger partial charge in [-0.1, -0.05) is 0 Å². The number of benzene rings is 2. The maximum absolute atomic E-state index is 13.1. The van der Waals surface area contributed by atoms with E-state index in [1.165, 1.54) is 17.8 Å². The van der Waals surface area contributed by atoms with E-state index in [9.17, 15) is 14.0 Å². The molecule has 2 aromatic rings. The predicted octanol–water partition coefficient (Wildman–Crippen LogP) is 2.06. The number of halogens is 1. The van der Waals surface area contributed by atoms with Gasteiger partial charge < -0.3 is 25.2 Å². The number of carbonyl (C=O) groups is 2. The summed E-state index contributed by atoms with van der Waals surface area (Å²) in [6, 6.07) is 13.4. The normalized spacial score (nSPS) is 19.0. The van der Waals surface area contributed by atoms with Crippen molar-refractivity contribution in [2.24, 2.45) is 0 Å². The number of hydrogen-bond donors (Lipinski definition) is 2. The van der Waals surface area contributed by atoms with Gasteiger partial charge >= 0.3 is 6.03 Å². The smallest absolute Gasteiger partial charge is 0.315 e. The largest absolute Gasteiger partial charge is 0.497 e. The Bertz CT molecular complexity index is 946. The molecule has 8 nitrogen and oxygen atoms in total. The highest BCUT2D eigenvalue weighted by Crippen LogP contribution is 2.22. The fourth-order valence-corrected chi connectivity index (χ4v) is 4.26. The topological polar surface area (TPSA) is 77.1 Å². The third-order valence-electron chi connectivity index (χ3n) is 6.12. The summed E-state index contributed by atoms with van der Waals surface area (Å²) in [5.41, 5.74) is 1.83. The van der Waals surface area contributed by atoms with Gasteiger partial charge in [0.25, 0.3) is 0 Å². The van der Waals surface area contributed by atoms with Crippen molar-refractivity contribution in [2.75, 3.05) is 62.7 Å². The van der Waals surface area contributed by atoms with Crippen molar-refractivity contribution >= 4 is 23.3 Å². The second-order valence-electron chi connectivity index (χ2n) is 8.31. The summed E-state index contributed by atoms with van der Waals surface area (Å²) in [6.07, 6.45) is 0.234. The van der Waals surface area contributed by atoms with Crippen molar-refractivity contribution in [3.63, 3.8) is 0 Å². The molecule has 0 spiro atoms. The maximum Gasteiger partial charge on any atom is 0.315 e. The van der Waals surface area contributed by atoms with E-state index >= 15 is 0 Å². The van der Waals surface area contributed by atoms with E-state index in [2.05, 4.69) is 32.6 Å². The minimum Gasteiger partial charge on any atom is -0.497 e. The van der Waals surface area contributed by atoms with Gasteiger partial charge in [0, 0.05) is 63.6 Å². The molecule has 33 heavy (non-hydrogen) atoms. The molecular formula is C24H30FN5O3. The number of ether oxygens (including phenoxy) is 1. The highest BCUT2D eigenvalue weighted by atomic mass is 19.1. The molecule has 2 saturated heterocycles. The fraction of sp³-hybridized carbons (Fsp3) is 0.417. The molecule has 0 radical (unpaired) electrons. The first-order valence-corrected chi connectivity index (χ1v) is 11.2. The predicted molar refractivity (Wildman–Crippen MR) is 125 cm³/mol. The van der Waals surface area contributed by atoms with Crippen LogP contribution in [-0.2, 0) is 4.79 Å². The lowest BCUT2D eigenvalue weighted by atomic mass is 10.2. The summed E-state index contributed by atoms with van der Waals surface area (Å²) < 4.78 is 18.3. The Balaban J connectivity index is 1.14. The number of methoxy groups -OCH3 is 1. The highest BCUT2D eigenvalue weighted by Gasteiger charge is 2.31. The van der Waals surface area contributed by atoms with Crippen LogP contribution in [0.1, 0.15) is 6.42 Å². The third kappa shape index (κ3) is 5.92. The van der Waals surface area contributed by atoms with Crippen molar-refractivity contribution in [1.29, 1.82) is 0 Å². The van der Waals surface area contributed by atoms with Crippen LogP contribution in [0.3, 0.4) is 0 Å². The number of amides is 3. The van der Waals surface area contributed by atoms with Crippen molar-refractivity contribution in [3.05, 3.63) is 54.3 Å². The Kier molecular flexibility index (Phi) is 7.29. The average Bonchev–Trinajstić information content (AvgIpc) is 3.19. The second-order valence-corrected chi connectivity index (χ2v) is 8.31. The number of rotatable bonds is 7. The van der Waals surface area contributed by atoms with Crippen LogP contribution in [0.4, 0.5) is 20.6 Å². The van der Waals surface area contributed by atoms with Crippen LogP contribution in [0.5, 0.6) is 5.75 Å². The Morgan fingerprint density at radius 1 is 1.03 bits per heavy atom. The van der Waals surface area contributed by atoms with E-state index in [0.717, 1.165) is 38.5 Å². The standard InChI is InChI=1S/C24H30FN5O3/c1-33-22-8-6-20(7-9-22)29-14-12-28(13-15-29)11-10-26-24(32)27-19-16-23(31)30(17-19)21-4-2-18(25)3-5-21/h2-9,19H,10-17H2,1H3,(H2,26,27,32). The number of nitrogens with one attached hydrogen (secondary N) is 2. The molecule has 4 rings (SSSR count). The van der Waals surface area contributed by atoms with Crippen LogP contribution in [0.2, 0.25) is 0 Å². The van der Waals surface area contributed by atoms with E-state index in [4.69, 9.17) is 4.74 Å². The van der Waals surface area contributed by atoms with Gasteiger partial charge in [-0.3, -0.25) is 9.69 Å². The maximum atomic E-state index is 13.1. The second kappa shape index (κ2) is 10.5. The van der Waals surface area contributed by atoms with Gasteiger partial charge in [0.1, 0.15) is 11.6 Å². The van der Waals surface area contributed by atoms with Gasteiger partial charge in [-0.15, -0.1) is 0 Å². The van der Waals surface area contributed by atoms with Gasteiger partial charge in [-0.2, -0.15) is 0 Å². The van der Waals surface area contributed by atoms with Crippen molar-refractivity contribution in [1.82, 2.24) is 15.5 Å². The van der Waals surface area contributed by atoms with Gasteiger partial charge in [-0.05, 0) is 48.5 Å². The quantitative estimate of drug-likeness (QED) is 0.669. The average molecular weight is 456 g/mol. The summed E-state index contributed by atoms with van der Waals surface area (Å²) in [5.74, 6) is 0.426. The molecular weight excluding hydrogens is 425 g/mol. The minimum absolute atomic E-state index is 0.0818. The number of hydrogen-bond acceptors (Lipinski definition) is 5. The molecule has 0 aromatic heterocycles. The van der Waals surface area contributed by atoms with Crippen LogP contribution >= 0.6 is 0 Å². The molecule has 2 fully saturated rings. The lowest BCUT2D eigenvalue weighted by Crippen LogP contribution is -2.50. The number of nitrogens with zero attached hydrogens (tertiary/aromatic N) is 3. The number of piperazine rings is 1. The van der Waals surface area contributed by atoms with Gasteiger partial charge in [0.15, 0.2) is 0 Å². The van der Waals surface area contributed by atoms with Crippen LogP contribution < -0.4 is 25.2 Å². The van der Waals surface area contributed by atoms with E-state index in [1.807, 2.05) is 12.1 Å². The number of carbonyl (C=O) groups excluding carboxylic acids is 2. The first kappa shape index (κ1) is 22.8. The Morgan fingerprint density at radius 2 is 1.70 bits per heavy atom. The van der Waals surface area contributed by atoms with Crippen molar-refractivity contribution < 1.29 is 18.7 Å². The van der Waals surface area contributed by atoms with Crippen LogP contribution in [0.25, 0.3) is 0 Å². The molecule has 0 saturated carbocycles. The zero-order chi connectivity index (χ0) is 23.2. The Labute approximate surface area is 193 Å². The summed E-state index contributed by atoms with van der Waals surface area (Å²) in [7, 11) is 1.66.